The molecule has 5 rings (SSSR count). The van der Waals surface area contributed by atoms with Crippen molar-refractivity contribution >= 4 is 33.1 Å². The van der Waals surface area contributed by atoms with E-state index < -0.39 is 0 Å². The van der Waals surface area contributed by atoms with Gasteiger partial charge in [-0.05, 0) is 31.2 Å². The number of amides is 1. The molecule has 4 heterocycles. The minimum atomic E-state index is -0.0684. The molecule has 1 aromatic carbocycles. The second-order valence-electron chi connectivity index (χ2n) is 7.77. The Kier molecular flexibility index (Phi) is 5.26. The quantitative estimate of drug-likeness (QED) is 0.678. The zero-order valence-corrected chi connectivity index (χ0v) is 17.7. The second kappa shape index (κ2) is 8.20. The number of carbonyl (C=O) groups is 1. The molecule has 0 radical (unpaired) electrons. The molecule has 156 valence electrons. The number of nitrogens with one attached hydrogen (secondary N) is 1. The zero-order valence-electron chi connectivity index (χ0n) is 16.8. The first-order valence-electron chi connectivity index (χ1n) is 10.3. The number of hydrogen-bond donors (Lipinski definition) is 1. The summed E-state index contributed by atoms with van der Waals surface area (Å²) in [5.74, 6) is 1.07. The van der Waals surface area contributed by atoms with E-state index in [1.807, 2.05) is 30.8 Å². The number of benzene rings is 1. The topological polar surface area (TPSA) is 76.6 Å². The van der Waals surface area contributed by atoms with Gasteiger partial charge in [0.2, 0.25) is 5.91 Å². The van der Waals surface area contributed by atoms with E-state index in [-0.39, 0.29) is 17.9 Å². The number of nitrogens with zero attached hydrogens (tertiary/aromatic N) is 3. The van der Waals surface area contributed by atoms with Crippen LogP contribution in [0.25, 0.3) is 21.5 Å². The molecule has 2 atom stereocenters. The van der Waals surface area contributed by atoms with E-state index in [0.29, 0.717) is 13.0 Å². The van der Waals surface area contributed by atoms with E-state index in [9.17, 15) is 4.79 Å². The normalized spacial score (nSPS) is 20.4. The molecule has 0 saturated carbocycles. The predicted molar refractivity (Wildman–Crippen MR) is 117 cm³/mol. The number of ether oxygens (including phenoxy) is 2. The van der Waals surface area contributed by atoms with Crippen LogP contribution in [-0.2, 0) is 9.53 Å². The van der Waals surface area contributed by atoms with Gasteiger partial charge >= 0.3 is 0 Å². The van der Waals surface area contributed by atoms with Crippen molar-refractivity contribution in [3.63, 3.8) is 0 Å². The van der Waals surface area contributed by atoms with Crippen LogP contribution < -0.4 is 15.0 Å². The van der Waals surface area contributed by atoms with Gasteiger partial charge in [0.05, 0.1) is 46.5 Å². The first-order chi connectivity index (χ1) is 14.7. The molecule has 7 nitrogen and oxygen atoms in total. The van der Waals surface area contributed by atoms with Crippen LogP contribution in [0.4, 0.5) is 5.69 Å². The molecule has 1 N–H and O–H groups in total. The van der Waals surface area contributed by atoms with Gasteiger partial charge in [0.25, 0.3) is 0 Å². The number of thiazole rings is 1. The summed E-state index contributed by atoms with van der Waals surface area (Å²) in [6, 6.07) is 8.25. The van der Waals surface area contributed by atoms with Crippen molar-refractivity contribution in [2.45, 2.75) is 19.4 Å². The molecule has 2 aliphatic rings. The van der Waals surface area contributed by atoms with Crippen molar-refractivity contribution in [1.82, 2.24) is 15.3 Å². The first-order valence-corrected chi connectivity index (χ1v) is 11.1. The smallest absolute Gasteiger partial charge is 0.220 e. The predicted octanol–water partition coefficient (Wildman–Crippen LogP) is 3.10. The lowest BCUT2D eigenvalue weighted by molar-refractivity contribution is -0.119. The van der Waals surface area contributed by atoms with Gasteiger partial charge in [0, 0.05) is 37.5 Å². The molecule has 1 amide bonds. The molecule has 30 heavy (non-hydrogen) atoms. The van der Waals surface area contributed by atoms with Gasteiger partial charge < -0.3 is 19.7 Å². The van der Waals surface area contributed by atoms with E-state index in [1.165, 1.54) is 0 Å². The van der Waals surface area contributed by atoms with E-state index >= 15 is 0 Å². The van der Waals surface area contributed by atoms with E-state index in [0.717, 1.165) is 59.2 Å². The molecular formula is C22H24N4O3S. The third-order valence-electron chi connectivity index (χ3n) is 5.80. The molecule has 3 aromatic rings. The van der Waals surface area contributed by atoms with Crippen molar-refractivity contribution in [1.29, 1.82) is 0 Å². The number of anilines is 1. The molecule has 0 aliphatic carbocycles. The van der Waals surface area contributed by atoms with Crippen LogP contribution in [0.2, 0.25) is 0 Å². The fourth-order valence-corrected chi connectivity index (χ4v) is 4.72. The number of hydrogen-bond acceptors (Lipinski definition) is 7. The number of carbonyl (C=O) groups excluding carboxylic acids is 1. The highest BCUT2D eigenvalue weighted by molar-refractivity contribution is 7.17. The average Bonchev–Trinajstić information content (AvgIpc) is 3.43. The Bertz CT molecular complexity index is 1050. The Hall–Kier alpha value is -2.71. The standard InChI is InChI=1S/C22H24N4O3S/c1-14(16-10-21(27)24-11-16)29-20-9-15(8-19-22(20)30-13-25-19)18-3-2-17(12-23-18)26-4-6-28-7-5-26/h2-3,8-9,12-14,16H,4-7,10-11H2,1H3,(H,24,27)/t14?,16-/m1/s1. The summed E-state index contributed by atoms with van der Waals surface area (Å²) in [6.07, 6.45) is 2.36. The monoisotopic (exact) mass is 424 g/mol. The first kappa shape index (κ1) is 19.3. The Labute approximate surface area is 179 Å². The third kappa shape index (κ3) is 3.85. The number of rotatable bonds is 5. The molecule has 2 aromatic heterocycles. The van der Waals surface area contributed by atoms with Crippen LogP contribution >= 0.6 is 11.3 Å². The molecule has 1 unspecified atom stereocenters. The summed E-state index contributed by atoms with van der Waals surface area (Å²) in [7, 11) is 0. The third-order valence-corrected chi connectivity index (χ3v) is 6.66. The van der Waals surface area contributed by atoms with Gasteiger partial charge in [0.1, 0.15) is 11.9 Å². The van der Waals surface area contributed by atoms with Crippen molar-refractivity contribution in [3.8, 4) is 17.0 Å². The fraction of sp³-hybridized carbons (Fsp3) is 0.409. The Morgan fingerprint density at radius 2 is 2.13 bits per heavy atom. The highest BCUT2D eigenvalue weighted by Crippen LogP contribution is 2.36. The van der Waals surface area contributed by atoms with E-state index in [2.05, 4.69) is 27.3 Å². The minimum Gasteiger partial charge on any atom is -0.489 e. The van der Waals surface area contributed by atoms with Crippen LogP contribution in [0.15, 0.2) is 36.0 Å². The number of pyridine rings is 1. The summed E-state index contributed by atoms with van der Waals surface area (Å²) in [6.45, 7) is 5.98. The maximum atomic E-state index is 11.6. The van der Waals surface area contributed by atoms with Crippen LogP contribution in [0.1, 0.15) is 13.3 Å². The summed E-state index contributed by atoms with van der Waals surface area (Å²) in [5.41, 5.74) is 5.71. The maximum Gasteiger partial charge on any atom is 0.220 e. The van der Waals surface area contributed by atoms with Gasteiger partial charge in [0.15, 0.2) is 0 Å². The average molecular weight is 425 g/mol. The Balaban J connectivity index is 1.41. The summed E-state index contributed by atoms with van der Waals surface area (Å²) in [5, 5.41) is 2.89. The number of aromatic nitrogens is 2. The highest BCUT2D eigenvalue weighted by Gasteiger charge is 2.28. The van der Waals surface area contributed by atoms with E-state index in [1.54, 1.807) is 11.3 Å². The lowest BCUT2D eigenvalue weighted by atomic mass is 10.0. The molecule has 0 spiro atoms. The molecule has 2 fully saturated rings. The van der Waals surface area contributed by atoms with Crippen LogP contribution in [-0.4, -0.2) is 54.8 Å². The molecule has 8 heteroatoms. The lowest BCUT2D eigenvalue weighted by Gasteiger charge is -2.28. The zero-order chi connectivity index (χ0) is 20.5. The van der Waals surface area contributed by atoms with E-state index in [4.69, 9.17) is 14.5 Å². The summed E-state index contributed by atoms with van der Waals surface area (Å²) >= 11 is 1.57. The summed E-state index contributed by atoms with van der Waals surface area (Å²) < 4.78 is 12.8. The van der Waals surface area contributed by atoms with Crippen LogP contribution in [0, 0.1) is 5.92 Å². The molecule has 2 aliphatic heterocycles. The van der Waals surface area contributed by atoms with Gasteiger partial charge in [-0.2, -0.15) is 0 Å². The number of morpholine rings is 1. The summed E-state index contributed by atoms with van der Waals surface area (Å²) in [4.78, 5) is 23.1. The molecule has 0 bridgehead atoms. The molecule has 2 saturated heterocycles. The second-order valence-corrected chi connectivity index (χ2v) is 8.62. The molecular weight excluding hydrogens is 400 g/mol. The minimum absolute atomic E-state index is 0.0684. The van der Waals surface area contributed by atoms with Gasteiger partial charge in [-0.25, -0.2) is 4.98 Å². The van der Waals surface area contributed by atoms with Gasteiger partial charge in [-0.1, -0.05) is 0 Å². The maximum absolute atomic E-state index is 11.6. The SMILES string of the molecule is CC(Oc1cc(-c2ccc(N3CCOCC3)cn2)cc2ncsc12)[C@H]1CNC(=O)C1. The Morgan fingerprint density at radius 1 is 1.27 bits per heavy atom. The van der Waals surface area contributed by atoms with Crippen molar-refractivity contribution in [3.05, 3.63) is 36.0 Å². The van der Waals surface area contributed by atoms with Crippen LogP contribution in [0.5, 0.6) is 5.75 Å². The van der Waals surface area contributed by atoms with Crippen molar-refractivity contribution in [2.24, 2.45) is 5.92 Å². The Morgan fingerprint density at radius 3 is 2.87 bits per heavy atom. The van der Waals surface area contributed by atoms with Crippen molar-refractivity contribution in [2.75, 3.05) is 37.7 Å². The van der Waals surface area contributed by atoms with Crippen LogP contribution in [0.3, 0.4) is 0 Å². The number of fused-ring (bicyclic) bond motifs is 1. The highest BCUT2D eigenvalue weighted by atomic mass is 32.1. The fourth-order valence-electron chi connectivity index (χ4n) is 3.99. The van der Waals surface area contributed by atoms with Crippen molar-refractivity contribution < 1.29 is 14.3 Å². The van der Waals surface area contributed by atoms with Gasteiger partial charge in [-0.3, -0.25) is 9.78 Å². The largest absolute Gasteiger partial charge is 0.489 e. The van der Waals surface area contributed by atoms with Gasteiger partial charge in [-0.15, -0.1) is 11.3 Å². The lowest BCUT2D eigenvalue weighted by Crippen LogP contribution is -2.36.